The van der Waals surface area contributed by atoms with Crippen molar-refractivity contribution in [3.8, 4) is 11.8 Å². The van der Waals surface area contributed by atoms with Crippen LogP contribution in [0.15, 0.2) is 36.5 Å². The lowest BCUT2D eigenvalue weighted by atomic mass is 10.1. The zero-order valence-corrected chi connectivity index (χ0v) is 15.9. The molecule has 1 heterocycles. The molecule has 3 aromatic rings. The second kappa shape index (κ2) is 8.87. The molecule has 1 atom stereocenters. The molecule has 2 aromatic carbocycles. The molecule has 0 saturated heterocycles. The van der Waals surface area contributed by atoms with Crippen LogP contribution in [0.5, 0.6) is 5.75 Å². The van der Waals surface area contributed by atoms with Crippen LogP contribution in [-0.4, -0.2) is 39.4 Å². The number of nitrogens with zero attached hydrogens (tertiary/aromatic N) is 3. The molecule has 0 fully saturated rings. The van der Waals surface area contributed by atoms with E-state index >= 15 is 0 Å². The minimum absolute atomic E-state index is 0.0172. The molecular weight excluding hydrogens is 419 g/mol. The van der Waals surface area contributed by atoms with E-state index in [0.29, 0.717) is 5.69 Å². The standard InChI is InChI=1S/C19H14ClFN4O5/c20-15-3-11(1-2-16(15)21)24-18-10(6-22)7-23-19-14(18)4-12(25(28)29)5-17(19)30-9-13(27)8-26/h1-5,7,13,26-27H,8-9H2,(H,23,24). The Kier molecular flexibility index (Phi) is 6.27. The van der Waals surface area contributed by atoms with Crippen LogP contribution < -0.4 is 10.1 Å². The first-order chi connectivity index (χ1) is 14.3. The van der Waals surface area contributed by atoms with Gasteiger partial charge >= 0.3 is 0 Å². The molecule has 0 radical (unpaired) electrons. The number of anilines is 2. The summed E-state index contributed by atoms with van der Waals surface area (Å²) >= 11 is 5.80. The third kappa shape index (κ3) is 4.38. The number of ether oxygens (including phenoxy) is 1. The first-order valence-electron chi connectivity index (χ1n) is 8.49. The molecule has 154 valence electrons. The van der Waals surface area contributed by atoms with E-state index in [1.165, 1.54) is 24.4 Å². The third-order valence-corrected chi connectivity index (χ3v) is 4.37. The van der Waals surface area contributed by atoms with Crippen molar-refractivity contribution in [1.82, 2.24) is 4.98 Å². The molecule has 0 spiro atoms. The van der Waals surface area contributed by atoms with Crippen molar-refractivity contribution in [2.45, 2.75) is 6.10 Å². The first-order valence-corrected chi connectivity index (χ1v) is 8.87. The summed E-state index contributed by atoms with van der Waals surface area (Å²) in [6.45, 7) is -0.887. The van der Waals surface area contributed by atoms with Gasteiger partial charge in [-0.1, -0.05) is 11.6 Å². The van der Waals surface area contributed by atoms with Crippen molar-refractivity contribution >= 4 is 39.6 Å². The van der Waals surface area contributed by atoms with Crippen molar-refractivity contribution in [3.05, 3.63) is 63.0 Å². The zero-order valence-electron chi connectivity index (χ0n) is 15.2. The van der Waals surface area contributed by atoms with Crippen LogP contribution in [0.25, 0.3) is 10.9 Å². The molecule has 1 unspecified atom stereocenters. The SMILES string of the molecule is N#Cc1cnc2c(OCC(O)CO)cc([N+](=O)[O-])cc2c1Nc1ccc(F)c(Cl)c1. The summed E-state index contributed by atoms with van der Waals surface area (Å²) < 4.78 is 18.9. The summed E-state index contributed by atoms with van der Waals surface area (Å²) in [5, 5.41) is 42.3. The maximum Gasteiger partial charge on any atom is 0.273 e. The predicted octanol–water partition coefficient (Wildman–Crippen LogP) is 3.28. The highest BCUT2D eigenvalue weighted by molar-refractivity contribution is 6.31. The van der Waals surface area contributed by atoms with Gasteiger partial charge in [-0.2, -0.15) is 5.26 Å². The predicted molar refractivity (Wildman–Crippen MR) is 106 cm³/mol. The number of nitro benzene ring substituents is 1. The molecule has 30 heavy (non-hydrogen) atoms. The number of halogens is 2. The van der Waals surface area contributed by atoms with E-state index < -0.39 is 23.5 Å². The Bertz CT molecular complexity index is 1170. The van der Waals surface area contributed by atoms with Crippen molar-refractivity contribution in [2.24, 2.45) is 0 Å². The summed E-state index contributed by atoms with van der Waals surface area (Å²) in [5.74, 6) is -0.646. The van der Waals surface area contributed by atoms with E-state index in [9.17, 15) is 24.9 Å². The number of hydrogen-bond donors (Lipinski definition) is 3. The Labute approximate surface area is 174 Å². The highest BCUT2D eigenvalue weighted by Crippen LogP contribution is 2.37. The highest BCUT2D eigenvalue weighted by Gasteiger charge is 2.20. The van der Waals surface area contributed by atoms with Gasteiger partial charge < -0.3 is 20.3 Å². The Morgan fingerprint density at radius 1 is 1.40 bits per heavy atom. The van der Waals surface area contributed by atoms with E-state index in [0.717, 1.165) is 12.1 Å². The van der Waals surface area contributed by atoms with Gasteiger partial charge in [0.05, 0.1) is 33.9 Å². The van der Waals surface area contributed by atoms with Crippen LogP contribution in [-0.2, 0) is 0 Å². The number of nitrogens with one attached hydrogen (secondary N) is 1. The van der Waals surface area contributed by atoms with Gasteiger partial charge in [-0.3, -0.25) is 15.1 Å². The smallest absolute Gasteiger partial charge is 0.273 e. The molecule has 0 amide bonds. The molecule has 3 rings (SSSR count). The summed E-state index contributed by atoms with van der Waals surface area (Å²) in [7, 11) is 0. The highest BCUT2D eigenvalue weighted by atomic mass is 35.5. The Morgan fingerprint density at radius 2 is 2.17 bits per heavy atom. The lowest BCUT2D eigenvalue weighted by Crippen LogP contribution is -2.21. The maximum atomic E-state index is 13.5. The first kappa shape index (κ1) is 21.2. The molecular formula is C19H14ClFN4O5. The number of pyridine rings is 1. The van der Waals surface area contributed by atoms with E-state index in [2.05, 4.69) is 10.3 Å². The number of rotatable bonds is 7. The van der Waals surface area contributed by atoms with E-state index in [4.69, 9.17) is 21.4 Å². The number of fused-ring (bicyclic) bond motifs is 1. The molecule has 0 bridgehead atoms. The third-order valence-electron chi connectivity index (χ3n) is 4.08. The van der Waals surface area contributed by atoms with Gasteiger partial charge in [-0.05, 0) is 18.2 Å². The average Bonchev–Trinajstić information content (AvgIpc) is 2.74. The molecule has 0 aliphatic rings. The van der Waals surface area contributed by atoms with Crippen molar-refractivity contribution < 1.29 is 24.3 Å². The lowest BCUT2D eigenvalue weighted by Gasteiger charge is -2.15. The number of aliphatic hydroxyl groups is 2. The molecule has 3 N–H and O–H groups in total. The molecule has 0 aliphatic heterocycles. The Morgan fingerprint density at radius 3 is 2.80 bits per heavy atom. The fraction of sp³-hybridized carbons (Fsp3) is 0.158. The van der Waals surface area contributed by atoms with E-state index in [-0.39, 0.29) is 45.2 Å². The normalized spacial score (nSPS) is 11.7. The minimum Gasteiger partial charge on any atom is -0.488 e. The quantitative estimate of drug-likeness (QED) is 0.381. The van der Waals surface area contributed by atoms with Crippen LogP contribution in [0.3, 0.4) is 0 Å². The summed E-state index contributed by atoms with van der Waals surface area (Å²) in [4.78, 5) is 14.9. The van der Waals surface area contributed by atoms with Gasteiger partial charge in [0.1, 0.15) is 30.1 Å². The van der Waals surface area contributed by atoms with Crippen molar-refractivity contribution in [2.75, 3.05) is 18.5 Å². The van der Waals surface area contributed by atoms with Crippen LogP contribution in [0.2, 0.25) is 5.02 Å². The monoisotopic (exact) mass is 432 g/mol. The van der Waals surface area contributed by atoms with E-state index in [1.54, 1.807) is 0 Å². The van der Waals surface area contributed by atoms with Gasteiger partial charge in [0.25, 0.3) is 5.69 Å². The van der Waals surface area contributed by atoms with Gasteiger partial charge in [0.15, 0.2) is 5.75 Å². The number of nitriles is 1. The van der Waals surface area contributed by atoms with Gasteiger partial charge in [-0.15, -0.1) is 0 Å². The van der Waals surface area contributed by atoms with Crippen LogP contribution in [0.1, 0.15) is 5.56 Å². The van der Waals surface area contributed by atoms with Crippen molar-refractivity contribution in [1.29, 1.82) is 5.26 Å². The summed E-state index contributed by atoms with van der Waals surface area (Å²) in [6.07, 6.45) is 0.0494. The molecule has 0 aliphatic carbocycles. The fourth-order valence-electron chi connectivity index (χ4n) is 2.65. The Hall–Kier alpha value is -3.52. The minimum atomic E-state index is -1.20. The summed E-state index contributed by atoms with van der Waals surface area (Å²) in [5.41, 5.74) is 0.440. The summed E-state index contributed by atoms with van der Waals surface area (Å²) in [6, 6.07) is 8.11. The van der Waals surface area contributed by atoms with E-state index in [1.807, 2.05) is 6.07 Å². The van der Waals surface area contributed by atoms with Crippen LogP contribution in [0.4, 0.5) is 21.5 Å². The lowest BCUT2D eigenvalue weighted by molar-refractivity contribution is -0.384. The van der Waals surface area contributed by atoms with Gasteiger partial charge in [-0.25, -0.2) is 4.39 Å². The van der Waals surface area contributed by atoms with Gasteiger partial charge in [0, 0.05) is 23.3 Å². The molecule has 0 saturated carbocycles. The molecule has 9 nitrogen and oxygen atoms in total. The number of aliphatic hydroxyl groups excluding tert-OH is 2. The van der Waals surface area contributed by atoms with Crippen LogP contribution >= 0.6 is 11.6 Å². The number of hydrogen-bond acceptors (Lipinski definition) is 8. The largest absolute Gasteiger partial charge is 0.488 e. The van der Waals surface area contributed by atoms with Crippen LogP contribution in [0, 0.1) is 27.3 Å². The number of nitro groups is 1. The number of aromatic nitrogens is 1. The molecule has 1 aromatic heterocycles. The Balaban J connectivity index is 2.18. The second-order valence-corrected chi connectivity index (χ2v) is 6.56. The van der Waals surface area contributed by atoms with Gasteiger partial charge in [0.2, 0.25) is 0 Å². The average molecular weight is 433 g/mol. The fourth-order valence-corrected chi connectivity index (χ4v) is 2.83. The second-order valence-electron chi connectivity index (χ2n) is 6.16. The molecule has 11 heteroatoms. The van der Waals surface area contributed by atoms with Crippen molar-refractivity contribution in [3.63, 3.8) is 0 Å². The zero-order chi connectivity index (χ0) is 21.8. The maximum absolute atomic E-state index is 13.5. The number of benzene rings is 2. The topological polar surface area (TPSA) is 142 Å². The number of non-ortho nitro benzene ring substituents is 1.